The average molecular weight is 325 g/mol. The molecule has 1 aliphatic rings. The van der Waals surface area contributed by atoms with E-state index in [-0.39, 0.29) is 0 Å². The van der Waals surface area contributed by atoms with E-state index in [0.29, 0.717) is 24.5 Å². The highest BCUT2D eigenvalue weighted by molar-refractivity contribution is 7.92. The predicted octanol–water partition coefficient (Wildman–Crippen LogP) is 0.473. The normalized spacial score (nSPS) is 14.2. The zero-order valence-electron chi connectivity index (χ0n) is 12.5. The number of carbonyl (C=O) groups is 2. The van der Waals surface area contributed by atoms with E-state index in [0.717, 1.165) is 24.7 Å². The number of sulfonamides is 1. The maximum atomic E-state index is 11.9. The lowest BCUT2D eigenvalue weighted by Crippen LogP contribution is -2.36. The van der Waals surface area contributed by atoms with E-state index in [9.17, 15) is 18.0 Å². The summed E-state index contributed by atoms with van der Waals surface area (Å²) in [4.78, 5) is 23.1. The van der Waals surface area contributed by atoms with Crippen molar-refractivity contribution < 1.29 is 18.0 Å². The van der Waals surface area contributed by atoms with Gasteiger partial charge in [-0.05, 0) is 37.5 Å². The van der Waals surface area contributed by atoms with Crippen LogP contribution >= 0.6 is 0 Å². The molecule has 2 rings (SSSR count). The van der Waals surface area contributed by atoms with Gasteiger partial charge in [0.05, 0.1) is 11.9 Å². The monoisotopic (exact) mass is 325 g/mol. The molecule has 1 aromatic rings. The van der Waals surface area contributed by atoms with Gasteiger partial charge in [0.1, 0.15) is 0 Å². The molecule has 0 spiro atoms. The Labute approximate surface area is 129 Å². The van der Waals surface area contributed by atoms with Gasteiger partial charge in [-0.25, -0.2) is 8.42 Å². The first-order valence-electron chi connectivity index (χ1n) is 7.02. The van der Waals surface area contributed by atoms with Crippen LogP contribution in [0.3, 0.4) is 0 Å². The van der Waals surface area contributed by atoms with Gasteiger partial charge < -0.3 is 10.6 Å². The molecule has 0 aromatic heterocycles. The van der Waals surface area contributed by atoms with Crippen molar-refractivity contribution in [2.24, 2.45) is 0 Å². The molecular formula is C14H19N3O4S. The van der Waals surface area contributed by atoms with Crippen LogP contribution in [-0.4, -0.2) is 39.6 Å². The molecule has 0 saturated carbocycles. The minimum Gasteiger partial charge on any atom is -0.348 e. The summed E-state index contributed by atoms with van der Waals surface area (Å²) in [6, 6.07) is 5.04. The highest BCUT2D eigenvalue weighted by Crippen LogP contribution is 2.31. The number of aryl methyl sites for hydroxylation is 1. The summed E-state index contributed by atoms with van der Waals surface area (Å²) < 4.78 is 25.0. The number of nitrogens with one attached hydrogen (secondary N) is 2. The highest BCUT2D eigenvalue weighted by Gasteiger charge is 2.24. The van der Waals surface area contributed by atoms with Crippen molar-refractivity contribution in [2.75, 3.05) is 29.0 Å². The molecule has 1 aliphatic heterocycles. The Bertz CT molecular complexity index is 700. The third kappa shape index (κ3) is 3.56. The lowest BCUT2D eigenvalue weighted by molar-refractivity contribution is -0.136. The fraction of sp³-hybridized carbons (Fsp3) is 0.429. The molecule has 0 bridgehead atoms. The Balaban J connectivity index is 2.27. The number of fused-ring (bicyclic) bond motifs is 1. The van der Waals surface area contributed by atoms with Gasteiger partial charge in [0.2, 0.25) is 10.0 Å². The summed E-state index contributed by atoms with van der Waals surface area (Å²) in [5.74, 6) is -1.50. The minimum absolute atomic E-state index is 0.359. The van der Waals surface area contributed by atoms with Crippen molar-refractivity contribution in [3.63, 3.8) is 0 Å². The van der Waals surface area contributed by atoms with E-state index in [1.54, 1.807) is 25.1 Å². The van der Waals surface area contributed by atoms with Crippen LogP contribution in [0.25, 0.3) is 0 Å². The molecule has 22 heavy (non-hydrogen) atoms. The Hall–Kier alpha value is -2.09. The summed E-state index contributed by atoms with van der Waals surface area (Å²) in [5.41, 5.74) is 1.86. The van der Waals surface area contributed by atoms with Crippen LogP contribution in [0.5, 0.6) is 0 Å². The van der Waals surface area contributed by atoms with Gasteiger partial charge in [-0.3, -0.25) is 13.9 Å². The average Bonchev–Trinajstić information content (AvgIpc) is 2.45. The van der Waals surface area contributed by atoms with Crippen LogP contribution in [0.15, 0.2) is 18.2 Å². The predicted molar refractivity (Wildman–Crippen MR) is 84.3 cm³/mol. The van der Waals surface area contributed by atoms with E-state index >= 15 is 0 Å². The third-order valence-corrected chi connectivity index (χ3v) is 4.54. The van der Waals surface area contributed by atoms with Crippen molar-refractivity contribution in [2.45, 2.75) is 19.8 Å². The minimum atomic E-state index is -3.37. The lowest BCUT2D eigenvalue weighted by Gasteiger charge is -2.29. The molecule has 2 amide bonds. The number of hydrogen-bond acceptors (Lipinski definition) is 4. The van der Waals surface area contributed by atoms with Crippen LogP contribution in [0.1, 0.15) is 18.9 Å². The van der Waals surface area contributed by atoms with Crippen LogP contribution in [0, 0.1) is 0 Å². The molecule has 8 heteroatoms. The van der Waals surface area contributed by atoms with Crippen molar-refractivity contribution >= 4 is 33.2 Å². The second kappa shape index (κ2) is 6.35. The van der Waals surface area contributed by atoms with Crippen molar-refractivity contribution in [3.05, 3.63) is 23.8 Å². The molecule has 1 aromatic carbocycles. The third-order valence-electron chi connectivity index (χ3n) is 3.36. The van der Waals surface area contributed by atoms with Gasteiger partial charge in [0.15, 0.2) is 0 Å². The number of likely N-dealkylation sites (N-methyl/N-ethyl adjacent to an activating group) is 1. The highest BCUT2D eigenvalue weighted by atomic mass is 32.2. The Morgan fingerprint density at radius 2 is 2.00 bits per heavy atom. The zero-order chi connectivity index (χ0) is 16.3. The summed E-state index contributed by atoms with van der Waals surface area (Å²) in [6.07, 6.45) is 2.69. The molecule has 0 saturated heterocycles. The smallest absolute Gasteiger partial charge is 0.313 e. The number of carbonyl (C=O) groups excluding carboxylic acids is 2. The molecule has 120 valence electrons. The van der Waals surface area contributed by atoms with E-state index in [2.05, 4.69) is 10.6 Å². The van der Waals surface area contributed by atoms with E-state index < -0.39 is 21.8 Å². The molecule has 2 N–H and O–H groups in total. The fourth-order valence-electron chi connectivity index (χ4n) is 2.39. The van der Waals surface area contributed by atoms with Crippen LogP contribution in [0.2, 0.25) is 0 Å². The van der Waals surface area contributed by atoms with Crippen molar-refractivity contribution in [1.29, 1.82) is 0 Å². The molecule has 0 unspecified atom stereocenters. The SMILES string of the molecule is CCNC(=O)C(=O)Nc1ccc2c(c1)N(S(C)(=O)=O)CCC2. The quantitative estimate of drug-likeness (QED) is 0.790. The van der Waals surface area contributed by atoms with E-state index in [4.69, 9.17) is 0 Å². The van der Waals surface area contributed by atoms with Crippen LogP contribution in [-0.2, 0) is 26.0 Å². The summed E-state index contributed by atoms with van der Waals surface area (Å²) in [6.45, 7) is 2.49. The van der Waals surface area contributed by atoms with Gasteiger partial charge in [-0.1, -0.05) is 6.07 Å². The second-order valence-electron chi connectivity index (χ2n) is 5.10. The number of benzene rings is 1. The Morgan fingerprint density at radius 3 is 2.64 bits per heavy atom. The molecule has 1 heterocycles. The van der Waals surface area contributed by atoms with Crippen molar-refractivity contribution in [1.82, 2.24) is 5.32 Å². The number of anilines is 2. The largest absolute Gasteiger partial charge is 0.348 e. The fourth-order valence-corrected chi connectivity index (χ4v) is 3.38. The van der Waals surface area contributed by atoms with Gasteiger partial charge >= 0.3 is 11.8 Å². The van der Waals surface area contributed by atoms with Gasteiger partial charge in [-0.2, -0.15) is 0 Å². The summed E-state index contributed by atoms with van der Waals surface area (Å²) in [5, 5.41) is 4.88. The van der Waals surface area contributed by atoms with Gasteiger partial charge in [-0.15, -0.1) is 0 Å². The zero-order valence-corrected chi connectivity index (χ0v) is 13.4. The standard InChI is InChI=1S/C14H19N3O4S/c1-3-15-13(18)14(19)16-11-7-6-10-5-4-8-17(12(10)9-11)22(2,20)21/h6-7,9H,3-5,8H2,1-2H3,(H,15,18)(H,16,19). The summed E-state index contributed by atoms with van der Waals surface area (Å²) in [7, 11) is -3.37. The number of rotatable bonds is 3. The van der Waals surface area contributed by atoms with Crippen LogP contribution in [0.4, 0.5) is 11.4 Å². The maximum Gasteiger partial charge on any atom is 0.313 e. The van der Waals surface area contributed by atoms with Crippen LogP contribution < -0.4 is 14.9 Å². The number of amides is 2. The second-order valence-corrected chi connectivity index (χ2v) is 7.00. The Kier molecular flexibility index (Phi) is 4.70. The van der Waals surface area contributed by atoms with E-state index in [1.807, 2.05) is 0 Å². The first-order valence-corrected chi connectivity index (χ1v) is 8.87. The molecule has 7 nitrogen and oxygen atoms in total. The van der Waals surface area contributed by atoms with Gasteiger partial charge in [0, 0.05) is 18.8 Å². The van der Waals surface area contributed by atoms with E-state index in [1.165, 1.54) is 4.31 Å². The molecule has 0 radical (unpaired) electrons. The molecule has 0 fully saturated rings. The van der Waals surface area contributed by atoms with Gasteiger partial charge in [0.25, 0.3) is 0 Å². The molecule has 0 atom stereocenters. The van der Waals surface area contributed by atoms with Crippen molar-refractivity contribution in [3.8, 4) is 0 Å². The lowest BCUT2D eigenvalue weighted by atomic mass is 10.0. The molecule has 0 aliphatic carbocycles. The molecular weight excluding hydrogens is 306 g/mol. The Morgan fingerprint density at radius 1 is 1.27 bits per heavy atom. The summed E-state index contributed by atoms with van der Waals surface area (Å²) >= 11 is 0. The maximum absolute atomic E-state index is 11.9. The topological polar surface area (TPSA) is 95.6 Å². The first-order chi connectivity index (χ1) is 10.3. The number of nitrogens with zero attached hydrogens (tertiary/aromatic N) is 1. The first kappa shape index (κ1) is 16.3. The number of hydrogen-bond donors (Lipinski definition) is 2.